The third-order valence-corrected chi connectivity index (χ3v) is 6.17. The van der Waals surface area contributed by atoms with Gasteiger partial charge in [0.05, 0.1) is 10.0 Å². The van der Waals surface area contributed by atoms with E-state index >= 15 is 0 Å². The van der Waals surface area contributed by atoms with Crippen LogP contribution in [0.3, 0.4) is 0 Å². The van der Waals surface area contributed by atoms with Crippen molar-refractivity contribution < 1.29 is 9.53 Å². The highest BCUT2D eigenvalue weighted by molar-refractivity contribution is 6.42. The average molecular weight is 399 g/mol. The van der Waals surface area contributed by atoms with Crippen LogP contribution < -0.4 is 10.1 Å². The largest absolute Gasteiger partial charge is 0.490 e. The second kappa shape index (κ2) is 9.82. The summed E-state index contributed by atoms with van der Waals surface area (Å²) in [5.41, 5.74) is 0. The molecular formula is C20H28Cl2N2O2. The molecule has 1 aromatic carbocycles. The number of rotatable bonds is 6. The van der Waals surface area contributed by atoms with Gasteiger partial charge in [0.1, 0.15) is 11.9 Å². The number of amides is 1. The van der Waals surface area contributed by atoms with Crippen molar-refractivity contribution in [1.82, 2.24) is 10.2 Å². The number of likely N-dealkylation sites (tertiary alicyclic amines) is 1. The van der Waals surface area contributed by atoms with Crippen molar-refractivity contribution in [2.75, 3.05) is 26.2 Å². The number of hydrogen-bond donors (Lipinski definition) is 1. The molecule has 4 nitrogen and oxygen atoms in total. The van der Waals surface area contributed by atoms with Gasteiger partial charge < -0.3 is 15.0 Å². The fraction of sp³-hybridized carbons (Fsp3) is 0.650. The summed E-state index contributed by atoms with van der Waals surface area (Å²) >= 11 is 12.0. The SMILES string of the molecule is O=C(NCCN1CCC(Oc2ccc(Cl)c(Cl)c2)CC1)C1CCCCC1. The molecule has 0 unspecified atom stereocenters. The van der Waals surface area contributed by atoms with E-state index in [4.69, 9.17) is 27.9 Å². The highest BCUT2D eigenvalue weighted by Gasteiger charge is 2.22. The first-order chi connectivity index (χ1) is 12.6. The number of ether oxygens (including phenoxy) is 1. The second-order valence-corrected chi connectivity index (χ2v) is 8.18. The zero-order chi connectivity index (χ0) is 18.4. The van der Waals surface area contributed by atoms with Gasteiger partial charge in [-0.05, 0) is 37.8 Å². The Bertz CT molecular complexity index is 597. The third kappa shape index (κ3) is 5.77. The van der Waals surface area contributed by atoms with E-state index in [2.05, 4.69) is 10.2 Å². The van der Waals surface area contributed by atoms with E-state index in [9.17, 15) is 4.79 Å². The highest BCUT2D eigenvalue weighted by Crippen LogP contribution is 2.28. The molecule has 0 radical (unpaired) electrons. The normalized spacial score (nSPS) is 20.1. The number of carbonyl (C=O) groups excluding carboxylic acids is 1. The molecule has 1 aliphatic heterocycles. The Balaban J connectivity index is 1.33. The molecule has 0 bridgehead atoms. The van der Waals surface area contributed by atoms with Gasteiger partial charge in [-0.15, -0.1) is 0 Å². The molecule has 1 amide bonds. The lowest BCUT2D eigenvalue weighted by Crippen LogP contribution is -2.43. The average Bonchev–Trinajstić information content (AvgIpc) is 2.67. The quantitative estimate of drug-likeness (QED) is 0.764. The van der Waals surface area contributed by atoms with Crippen molar-refractivity contribution in [3.8, 4) is 5.75 Å². The molecule has 1 saturated heterocycles. The Labute approximate surface area is 166 Å². The number of piperidine rings is 1. The molecule has 2 aliphatic rings. The molecule has 2 fully saturated rings. The molecule has 0 aromatic heterocycles. The minimum atomic E-state index is 0.209. The van der Waals surface area contributed by atoms with Crippen LogP contribution in [0.25, 0.3) is 0 Å². The van der Waals surface area contributed by atoms with Gasteiger partial charge in [0, 0.05) is 38.2 Å². The van der Waals surface area contributed by atoms with Crippen LogP contribution in [0.4, 0.5) is 0 Å². The zero-order valence-corrected chi connectivity index (χ0v) is 16.7. The van der Waals surface area contributed by atoms with E-state index in [1.165, 1.54) is 19.3 Å². The van der Waals surface area contributed by atoms with Gasteiger partial charge in [-0.2, -0.15) is 0 Å². The van der Waals surface area contributed by atoms with Gasteiger partial charge in [0.25, 0.3) is 0 Å². The predicted octanol–water partition coefficient (Wildman–Crippen LogP) is 4.53. The lowest BCUT2D eigenvalue weighted by molar-refractivity contribution is -0.126. The molecule has 1 heterocycles. The lowest BCUT2D eigenvalue weighted by Gasteiger charge is -2.32. The number of hydrogen-bond acceptors (Lipinski definition) is 3. The molecule has 26 heavy (non-hydrogen) atoms. The standard InChI is InChI=1S/C20H28Cl2N2O2/c21-18-7-6-17(14-19(18)22)26-16-8-11-24(12-9-16)13-10-23-20(25)15-4-2-1-3-5-15/h6-7,14-16H,1-5,8-13H2,(H,23,25). The van der Waals surface area contributed by atoms with Gasteiger partial charge in [0.2, 0.25) is 5.91 Å². The summed E-state index contributed by atoms with van der Waals surface area (Å²) in [5.74, 6) is 1.27. The van der Waals surface area contributed by atoms with Crippen LogP contribution >= 0.6 is 23.2 Å². The Kier molecular flexibility index (Phi) is 7.47. The van der Waals surface area contributed by atoms with Crippen LogP contribution in [0, 0.1) is 5.92 Å². The Hall–Kier alpha value is -0.970. The molecular weight excluding hydrogens is 371 g/mol. The van der Waals surface area contributed by atoms with Gasteiger partial charge >= 0.3 is 0 Å². The predicted molar refractivity (Wildman–Crippen MR) is 106 cm³/mol. The lowest BCUT2D eigenvalue weighted by atomic mass is 9.89. The minimum Gasteiger partial charge on any atom is -0.490 e. The second-order valence-electron chi connectivity index (χ2n) is 7.36. The van der Waals surface area contributed by atoms with Crippen LogP contribution in [-0.4, -0.2) is 43.1 Å². The van der Waals surface area contributed by atoms with Crippen molar-refractivity contribution in [2.45, 2.75) is 51.0 Å². The van der Waals surface area contributed by atoms with Gasteiger partial charge in [-0.25, -0.2) is 0 Å². The summed E-state index contributed by atoms with van der Waals surface area (Å²) in [6.07, 6.45) is 7.97. The minimum absolute atomic E-state index is 0.209. The summed E-state index contributed by atoms with van der Waals surface area (Å²) in [6.45, 7) is 3.64. The van der Waals surface area contributed by atoms with E-state index in [1.807, 2.05) is 6.07 Å². The molecule has 0 atom stereocenters. The zero-order valence-electron chi connectivity index (χ0n) is 15.2. The molecule has 1 N–H and O–H groups in total. The van der Waals surface area contributed by atoms with E-state index in [1.54, 1.807) is 12.1 Å². The van der Waals surface area contributed by atoms with Crippen molar-refractivity contribution in [3.05, 3.63) is 28.2 Å². The van der Waals surface area contributed by atoms with Gasteiger partial charge in [-0.1, -0.05) is 42.5 Å². The number of nitrogens with one attached hydrogen (secondary N) is 1. The molecule has 1 saturated carbocycles. The molecule has 6 heteroatoms. The van der Waals surface area contributed by atoms with Crippen LogP contribution in [0.5, 0.6) is 5.75 Å². The topological polar surface area (TPSA) is 41.6 Å². The Morgan fingerprint density at radius 3 is 2.50 bits per heavy atom. The van der Waals surface area contributed by atoms with Crippen LogP contribution in [0.15, 0.2) is 18.2 Å². The molecule has 1 aromatic rings. The van der Waals surface area contributed by atoms with E-state index in [0.717, 1.165) is 57.6 Å². The Morgan fingerprint density at radius 1 is 1.08 bits per heavy atom. The highest BCUT2D eigenvalue weighted by atomic mass is 35.5. The number of halogens is 2. The van der Waals surface area contributed by atoms with Crippen LogP contribution in [0.2, 0.25) is 10.0 Å². The van der Waals surface area contributed by atoms with Gasteiger partial charge in [0.15, 0.2) is 0 Å². The summed E-state index contributed by atoms with van der Waals surface area (Å²) in [7, 11) is 0. The molecule has 0 spiro atoms. The van der Waals surface area contributed by atoms with E-state index in [-0.39, 0.29) is 17.9 Å². The number of carbonyl (C=O) groups is 1. The molecule has 1 aliphatic carbocycles. The van der Waals surface area contributed by atoms with Crippen LogP contribution in [0.1, 0.15) is 44.9 Å². The van der Waals surface area contributed by atoms with Gasteiger partial charge in [-0.3, -0.25) is 4.79 Å². The molecule has 144 valence electrons. The monoisotopic (exact) mass is 398 g/mol. The van der Waals surface area contributed by atoms with Crippen molar-refractivity contribution >= 4 is 29.1 Å². The number of nitrogens with zero attached hydrogens (tertiary/aromatic N) is 1. The van der Waals surface area contributed by atoms with Crippen LogP contribution in [-0.2, 0) is 4.79 Å². The third-order valence-electron chi connectivity index (χ3n) is 5.43. The fourth-order valence-electron chi connectivity index (χ4n) is 3.84. The maximum absolute atomic E-state index is 12.2. The Morgan fingerprint density at radius 2 is 1.81 bits per heavy atom. The summed E-state index contributed by atoms with van der Waals surface area (Å²) in [5, 5.41) is 4.19. The molecule has 3 rings (SSSR count). The van der Waals surface area contributed by atoms with E-state index < -0.39 is 0 Å². The fourth-order valence-corrected chi connectivity index (χ4v) is 4.13. The first-order valence-electron chi connectivity index (χ1n) is 9.73. The first kappa shape index (κ1) is 19.8. The first-order valence-corrected chi connectivity index (χ1v) is 10.5. The smallest absolute Gasteiger partial charge is 0.223 e. The van der Waals surface area contributed by atoms with Crippen molar-refractivity contribution in [2.24, 2.45) is 5.92 Å². The maximum Gasteiger partial charge on any atom is 0.223 e. The van der Waals surface area contributed by atoms with E-state index in [0.29, 0.717) is 10.0 Å². The van der Waals surface area contributed by atoms with Crippen molar-refractivity contribution in [3.63, 3.8) is 0 Å². The summed E-state index contributed by atoms with van der Waals surface area (Å²) in [4.78, 5) is 14.6. The maximum atomic E-state index is 12.2. The van der Waals surface area contributed by atoms with Crippen molar-refractivity contribution in [1.29, 1.82) is 0 Å². The summed E-state index contributed by atoms with van der Waals surface area (Å²) < 4.78 is 6.02. The summed E-state index contributed by atoms with van der Waals surface area (Å²) in [6, 6.07) is 5.40. The number of benzene rings is 1.